The number of esters is 1. The zero-order valence-corrected chi connectivity index (χ0v) is 11.6. The van der Waals surface area contributed by atoms with Crippen LogP contribution in [0.2, 0.25) is 0 Å². The number of ether oxygens (including phenoxy) is 1. The third-order valence-electron chi connectivity index (χ3n) is 3.73. The number of likely N-dealkylation sites (tertiary alicyclic amines) is 1. The summed E-state index contributed by atoms with van der Waals surface area (Å²) in [4.78, 5) is 14.0. The van der Waals surface area contributed by atoms with Crippen LogP contribution in [0.15, 0.2) is 18.2 Å². The first-order chi connectivity index (χ1) is 9.11. The molecule has 1 fully saturated rings. The molecule has 1 heterocycles. The third kappa shape index (κ3) is 3.26. The lowest BCUT2D eigenvalue weighted by Crippen LogP contribution is -2.44. The van der Waals surface area contributed by atoms with Gasteiger partial charge in [0.25, 0.3) is 0 Å². The molecule has 0 radical (unpaired) electrons. The Morgan fingerprint density at radius 1 is 1.47 bits per heavy atom. The topological polar surface area (TPSA) is 49.8 Å². The van der Waals surface area contributed by atoms with Crippen molar-refractivity contribution in [2.45, 2.75) is 38.8 Å². The van der Waals surface area contributed by atoms with Crippen LogP contribution in [-0.4, -0.2) is 35.7 Å². The average Bonchev–Trinajstić information content (AvgIpc) is 2.43. The van der Waals surface area contributed by atoms with Gasteiger partial charge in [0.05, 0.1) is 7.11 Å². The summed E-state index contributed by atoms with van der Waals surface area (Å²) >= 11 is 0. The van der Waals surface area contributed by atoms with Crippen LogP contribution in [0.4, 0.5) is 0 Å². The van der Waals surface area contributed by atoms with Crippen molar-refractivity contribution in [1.29, 1.82) is 0 Å². The van der Waals surface area contributed by atoms with E-state index < -0.39 is 0 Å². The SMILES string of the molecule is COC(=O)C1CCCCN1Cc1ccc(O)c(C)c1. The van der Waals surface area contributed by atoms with Gasteiger partial charge in [-0.1, -0.05) is 18.6 Å². The summed E-state index contributed by atoms with van der Waals surface area (Å²) in [7, 11) is 1.44. The zero-order chi connectivity index (χ0) is 13.8. The highest BCUT2D eigenvalue weighted by Crippen LogP contribution is 2.23. The largest absolute Gasteiger partial charge is 0.508 e. The maximum absolute atomic E-state index is 11.8. The van der Waals surface area contributed by atoms with Crippen molar-refractivity contribution in [3.63, 3.8) is 0 Å². The molecule has 1 aromatic rings. The molecule has 1 N–H and O–H groups in total. The molecule has 0 bridgehead atoms. The molecule has 0 spiro atoms. The molecule has 1 atom stereocenters. The Balaban J connectivity index is 2.10. The van der Waals surface area contributed by atoms with Gasteiger partial charge in [-0.15, -0.1) is 0 Å². The van der Waals surface area contributed by atoms with Gasteiger partial charge in [0.2, 0.25) is 0 Å². The molecule has 1 saturated heterocycles. The number of benzene rings is 1. The van der Waals surface area contributed by atoms with Crippen LogP contribution in [0.1, 0.15) is 30.4 Å². The van der Waals surface area contributed by atoms with Gasteiger partial charge in [0.1, 0.15) is 11.8 Å². The van der Waals surface area contributed by atoms with Crippen molar-refractivity contribution < 1.29 is 14.6 Å². The van der Waals surface area contributed by atoms with Gasteiger partial charge in [-0.3, -0.25) is 9.69 Å². The predicted octanol–water partition coefficient (Wildman–Crippen LogP) is 2.23. The number of hydrogen-bond donors (Lipinski definition) is 1. The van der Waals surface area contributed by atoms with Crippen LogP contribution in [0.25, 0.3) is 0 Å². The van der Waals surface area contributed by atoms with Crippen molar-refractivity contribution in [3.05, 3.63) is 29.3 Å². The first-order valence-corrected chi connectivity index (χ1v) is 6.72. The highest BCUT2D eigenvalue weighted by Gasteiger charge is 2.29. The van der Waals surface area contributed by atoms with E-state index in [2.05, 4.69) is 4.90 Å². The second-order valence-corrected chi connectivity index (χ2v) is 5.13. The number of carbonyl (C=O) groups excluding carboxylic acids is 1. The summed E-state index contributed by atoms with van der Waals surface area (Å²) in [5, 5.41) is 9.54. The Bertz CT molecular complexity index is 459. The highest BCUT2D eigenvalue weighted by atomic mass is 16.5. The van der Waals surface area contributed by atoms with Crippen molar-refractivity contribution >= 4 is 5.97 Å². The first-order valence-electron chi connectivity index (χ1n) is 6.72. The van der Waals surface area contributed by atoms with Crippen LogP contribution in [0, 0.1) is 6.92 Å². The molecule has 1 aliphatic rings. The smallest absolute Gasteiger partial charge is 0.323 e. The molecule has 1 aromatic carbocycles. The molecule has 0 amide bonds. The summed E-state index contributed by atoms with van der Waals surface area (Å²) in [5.74, 6) is 0.169. The maximum Gasteiger partial charge on any atom is 0.323 e. The number of carbonyl (C=O) groups is 1. The fourth-order valence-electron chi connectivity index (χ4n) is 2.63. The number of aromatic hydroxyl groups is 1. The molecular formula is C15H21NO3. The summed E-state index contributed by atoms with van der Waals surface area (Å²) in [6.45, 7) is 3.52. The molecule has 4 heteroatoms. The van der Waals surface area contributed by atoms with E-state index in [1.807, 2.05) is 19.1 Å². The molecule has 4 nitrogen and oxygen atoms in total. The van der Waals surface area contributed by atoms with Crippen LogP contribution >= 0.6 is 0 Å². The molecule has 0 saturated carbocycles. The summed E-state index contributed by atoms with van der Waals surface area (Å²) in [5.41, 5.74) is 1.98. The predicted molar refractivity (Wildman–Crippen MR) is 72.9 cm³/mol. The number of piperidine rings is 1. The molecule has 0 aliphatic carbocycles. The number of rotatable bonds is 3. The summed E-state index contributed by atoms with van der Waals surface area (Å²) < 4.78 is 4.88. The van der Waals surface area contributed by atoms with Gasteiger partial charge in [-0.25, -0.2) is 0 Å². The lowest BCUT2D eigenvalue weighted by molar-refractivity contribution is -0.148. The van der Waals surface area contributed by atoms with E-state index in [9.17, 15) is 9.90 Å². The quantitative estimate of drug-likeness (QED) is 0.850. The van der Waals surface area contributed by atoms with Crippen LogP contribution < -0.4 is 0 Å². The Kier molecular flexibility index (Phi) is 4.43. The van der Waals surface area contributed by atoms with E-state index in [-0.39, 0.29) is 12.0 Å². The van der Waals surface area contributed by atoms with Gasteiger partial charge in [0.15, 0.2) is 0 Å². The zero-order valence-electron chi connectivity index (χ0n) is 11.6. The number of nitrogens with zero attached hydrogens (tertiary/aromatic N) is 1. The molecule has 19 heavy (non-hydrogen) atoms. The summed E-state index contributed by atoms with van der Waals surface area (Å²) in [6.07, 6.45) is 3.05. The third-order valence-corrected chi connectivity index (χ3v) is 3.73. The molecule has 104 valence electrons. The minimum atomic E-state index is -0.143. The number of hydrogen-bond acceptors (Lipinski definition) is 4. The fraction of sp³-hybridized carbons (Fsp3) is 0.533. The average molecular weight is 263 g/mol. The molecule has 2 rings (SSSR count). The van der Waals surface area contributed by atoms with Gasteiger partial charge < -0.3 is 9.84 Å². The van der Waals surface area contributed by atoms with E-state index >= 15 is 0 Å². The van der Waals surface area contributed by atoms with Crippen LogP contribution in [0.3, 0.4) is 0 Å². The minimum absolute atomic E-state index is 0.132. The molecule has 1 unspecified atom stereocenters. The molecule has 0 aromatic heterocycles. The van der Waals surface area contributed by atoms with Crippen molar-refractivity contribution in [3.8, 4) is 5.75 Å². The first kappa shape index (κ1) is 13.9. The maximum atomic E-state index is 11.8. The van der Waals surface area contributed by atoms with Gasteiger partial charge >= 0.3 is 5.97 Å². The number of aryl methyl sites for hydroxylation is 1. The van der Waals surface area contributed by atoms with E-state index in [1.165, 1.54) is 7.11 Å². The van der Waals surface area contributed by atoms with Crippen molar-refractivity contribution in [2.75, 3.05) is 13.7 Å². The highest BCUT2D eigenvalue weighted by molar-refractivity contribution is 5.75. The van der Waals surface area contributed by atoms with Crippen LogP contribution in [0.5, 0.6) is 5.75 Å². The summed E-state index contributed by atoms with van der Waals surface area (Å²) in [6, 6.07) is 5.46. The Hall–Kier alpha value is -1.55. The lowest BCUT2D eigenvalue weighted by Gasteiger charge is -2.33. The Morgan fingerprint density at radius 2 is 2.26 bits per heavy atom. The molecular weight excluding hydrogens is 242 g/mol. The number of phenolic OH excluding ortho intramolecular Hbond substituents is 1. The van der Waals surface area contributed by atoms with E-state index in [1.54, 1.807) is 6.07 Å². The van der Waals surface area contributed by atoms with Gasteiger partial charge in [0, 0.05) is 6.54 Å². The second-order valence-electron chi connectivity index (χ2n) is 5.13. The minimum Gasteiger partial charge on any atom is -0.508 e. The Morgan fingerprint density at radius 3 is 2.95 bits per heavy atom. The lowest BCUT2D eigenvalue weighted by atomic mass is 10.0. The van der Waals surface area contributed by atoms with Crippen LogP contribution in [-0.2, 0) is 16.1 Å². The standard InChI is InChI=1S/C15H21NO3/c1-11-9-12(6-7-14(11)17)10-16-8-4-3-5-13(16)15(18)19-2/h6-7,9,13,17H,3-5,8,10H2,1-2H3. The number of phenols is 1. The number of methoxy groups -OCH3 is 1. The fourth-order valence-corrected chi connectivity index (χ4v) is 2.63. The molecule has 1 aliphatic heterocycles. The van der Waals surface area contributed by atoms with E-state index in [4.69, 9.17) is 4.74 Å². The van der Waals surface area contributed by atoms with E-state index in [0.29, 0.717) is 5.75 Å². The normalized spacial score (nSPS) is 20.2. The van der Waals surface area contributed by atoms with Gasteiger partial charge in [-0.05, 0) is 43.5 Å². The Labute approximate surface area is 114 Å². The van der Waals surface area contributed by atoms with Crippen molar-refractivity contribution in [2.24, 2.45) is 0 Å². The van der Waals surface area contributed by atoms with Gasteiger partial charge in [-0.2, -0.15) is 0 Å². The second kappa shape index (κ2) is 6.06. The van der Waals surface area contributed by atoms with E-state index in [0.717, 1.165) is 43.5 Å². The van der Waals surface area contributed by atoms with Crippen molar-refractivity contribution in [1.82, 2.24) is 4.90 Å². The monoisotopic (exact) mass is 263 g/mol.